The first kappa shape index (κ1) is 17.2. The molecule has 1 heterocycles. The minimum Gasteiger partial charge on any atom is -0.268 e. The fourth-order valence-corrected chi connectivity index (χ4v) is 3.34. The lowest BCUT2D eigenvalue weighted by molar-refractivity contribution is 0.318. The number of unbranched alkanes of at least 4 members (excludes halogenated alkanes) is 1. The first-order valence-electron chi connectivity index (χ1n) is 7.78. The molecule has 1 aromatic rings. The van der Waals surface area contributed by atoms with Gasteiger partial charge in [-0.3, -0.25) is 4.79 Å². The van der Waals surface area contributed by atoms with Crippen LogP contribution in [0, 0.1) is 0 Å². The molecule has 1 rings (SSSR count). The number of H-pyrrole nitrogens is 1. The summed E-state index contributed by atoms with van der Waals surface area (Å²) < 4.78 is 0. The van der Waals surface area contributed by atoms with E-state index in [2.05, 4.69) is 31.0 Å². The summed E-state index contributed by atoms with van der Waals surface area (Å²) in [6, 6.07) is 3.44. The zero-order valence-corrected chi connectivity index (χ0v) is 13.7. The summed E-state index contributed by atoms with van der Waals surface area (Å²) in [6.07, 6.45) is 7.44. The molecule has 114 valence electrons. The van der Waals surface area contributed by atoms with Gasteiger partial charge in [0.25, 0.3) is 5.56 Å². The van der Waals surface area contributed by atoms with Crippen molar-refractivity contribution in [3.8, 4) is 0 Å². The number of hydrogen-bond acceptors (Lipinski definition) is 2. The zero-order valence-electron chi connectivity index (χ0n) is 12.9. The molecule has 0 spiro atoms. The monoisotopic (exact) mass is 298 g/mol. The number of nitrogens with zero attached hydrogens (tertiary/aromatic N) is 1. The molecule has 0 saturated heterocycles. The lowest BCUT2D eigenvalue weighted by atomic mass is 9.73. The Bertz CT molecular complexity index is 426. The Hall–Kier alpha value is -0.830. The van der Waals surface area contributed by atoms with E-state index in [4.69, 9.17) is 11.6 Å². The van der Waals surface area contributed by atoms with E-state index in [0.717, 1.165) is 50.6 Å². The number of hydrogen-bond donors (Lipinski definition) is 1. The minimum atomic E-state index is -0.148. The van der Waals surface area contributed by atoms with Gasteiger partial charge in [-0.05, 0) is 31.7 Å². The third kappa shape index (κ3) is 4.62. The summed E-state index contributed by atoms with van der Waals surface area (Å²) in [5.74, 6) is 0. The Balaban J connectivity index is 3.03. The smallest absolute Gasteiger partial charge is 0.264 e. The zero-order chi connectivity index (χ0) is 15.0. The van der Waals surface area contributed by atoms with Gasteiger partial charge in [0.05, 0.1) is 5.69 Å². The normalized spacial score (nSPS) is 15.8. The molecule has 3 nitrogen and oxygen atoms in total. The van der Waals surface area contributed by atoms with Gasteiger partial charge >= 0.3 is 0 Å². The summed E-state index contributed by atoms with van der Waals surface area (Å²) in [5, 5.41) is 7.04. The van der Waals surface area contributed by atoms with Crippen LogP contribution in [0.2, 0.25) is 0 Å². The molecular formula is C16H27ClN2O. The maximum absolute atomic E-state index is 11.2. The van der Waals surface area contributed by atoms with Crippen LogP contribution in [0.3, 0.4) is 0 Å². The largest absolute Gasteiger partial charge is 0.268 e. The molecule has 1 aromatic heterocycles. The van der Waals surface area contributed by atoms with E-state index in [1.807, 2.05) is 6.07 Å². The molecule has 0 aromatic carbocycles. The van der Waals surface area contributed by atoms with Crippen molar-refractivity contribution in [2.45, 2.75) is 76.5 Å². The molecule has 0 aliphatic heterocycles. The van der Waals surface area contributed by atoms with Crippen molar-refractivity contribution >= 4 is 11.6 Å². The summed E-state index contributed by atoms with van der Waals surface area (Å²) in [4.78, 5) is 11.2. The Morgan fingerprint density at radius 1 is 1.30 bits per heavy atom. The quantitative estimate of drug-likeness (QED) is 0.687. The highest BCUT2D eigenvalue weighted by molar-refractivity contribution is 6.20. The molecule has 0 aliphatic carbocycles. The van der Waals surface area contributed by atoms with Crippen molar-refractivity contribution in [2.75, 3.05) is 0 Å². The van der Waals surface area contributed by atoms with Crippen molar-refractivity contribution in [2.24, 2.45) is 0 Å². The second-order valence-corrected chi connectivity index (χ2v) is 6.25. The van der Waals surface area contributed by atoms with Crippen LogP contribution < -0.4 is 5.56 Å². The molecule has 4 heteroatoms. The third-order valence-electron chi connectivity index (χ3n) is 4.12. The van der Waals surface area contributed by atoms with E-state index in [1.54, 1.807) is 6.07 Å². The van der Waals surface area contributed by atoms with Gasteiger partial charge in [0.2, 0.25) is 0 Å². The second-order valence-electron chi connectivity index (χ2n) is 5.63. The average molecular weight is 299 g/mol. The number of aromatic amines is 1. The second kappa shape index (κ2) is 8.46. The van der Waals surface area contributed by atoms with Gasteiger partial charge < -0.3 is 0 Å². The van der Waals surface area contributed by atoms with E-state index in [1.165, 1.54) is 0 Å². The Labute approximate surface area is 127 Å². The third-order valence-corrected chi connectivity index (χ3v) is 4.49. The fourth-order valence-electron chi connectivity index (χ4n) is 2.83. The van der Waals surface area contributed by atoms with Crippen molar-refractivity contribution in [1.82, 2.24) is 10.2 Å². The standard InChI is InChI=1S/C16H27ClN2O/c1-4-7-11-16(6-3,12-13(17)8-5-2)14-9-10-15(20)19-18-14/h9-10,13H,4-8,11-12H2,1-3H3,(H,19,20). The van der Waals surface area contributed by atoms with Gasteiger partial charge in [0, 0.05) is 16.9 Å². The molecule has 2 atom stereocenters. The number of aromatic nitrogens is 2. The lowest BCUT2D eigenvalue weighted by Gasteiger charge is -2.34. The van der Waals surface area contributed by atoms with Gasteiger partial charge in [-0.2, -0.15) is 5.10 Å². The SMILES string of the molecule is CCCCC(CC)(CC(Cl)CCC)c1ccc(=O)[nH]n1. The summed E-state index contributed by atoms with van der Waals surface area (Å²) in [7, 11) is 0. The van der Waals surface area contributed by atoms with Crippen LogP contribution in [-0.2, 0) is 5.41 Å². The molecule has 1 N–H and O–H groups in total. The maximum Gasteiger partial charge on any atom is 0.264 e. The predicted molar refractivity (Wildman–Crippen MR) is 85.5 cm³/mol. The molecule has 2 unspecified atom stereocenters. The molecule has 20 heavy (non-hydrogen) atoms. The van der Waals surface area contributed by atoms with Crippen molar-refractivity contribution < 1.29 is 0 Å². The molecule has 0 bridgehead atoms. The minimum absolute atomic E-state index is 0.0121. The van der Waals surface area contributed by atoms with Crippen molar-refractivity contribution in [3.05, 3.63) is 28.2 Å². The van der Waals surface area contributed by atoms with Crippen molar-refractivity contribution in [3.63, 3.8) is 0 Å². The summed E-state index contributed by atoms with van der Waals surface area (Å²) in [6.45, 7) is 6.55. The van der Waals surface area contributed by atoms with Gasteiger partial charge in [-0.25, -0.2) is 5.10 Å². The average Bonchev–Trinajstić information content (AvgIpc) is 2.44. The van der Waals surface area contributed by atoms with E-state index in [0.29, 0.717) is 0 Å². The van der Waals surface area contributed by atoms with Crippen molar-refractivity contribution in [1.29, 1.82) is 0 Å². The molecule has 0 amide bonds. The summed E-state index contributed by atoms with van der Waals surface area (Å²) in [5.41, 5.74) is 0.821. The molecular weight excluding hydrogens is 272 g/mol. The highest BCUT2D eigenvalue weighted by Gasteiger charge is 2.33. The van der Waals surface area contributed by atoms with Crippen LogP contribution in [0.5, 0.6) is 0 Å². The van der Waals surface area contributed by atoms with E-state index >= 15 is 0 Å². The van der Waals surface area contributed by atoms with Crippen LogP contribution in [0.1, 0.15) is 71.4 Å². The fraction of sp³-hybridized carbons (Fsp3) is 0.750. The molecule has 0 aliphatic rings. The Morgan fingerprint density at radius 3 is 2.55 bits per heavy atom. The van der Waals surface area contributed by atoms with Gasteiger partial charge in [-0.15, -0.1) is 11.6 Å². The topological polar surface area (TPSA) is 45.8 Å². The first-order chi connectivity index (χ1) is 9.57. The van der Waals surface area contributed by atoms with Gasteiger partial charge in [-0.1, -0.05) is 40.0 Å². The van der Waals surface area contributed by atoms with Crippen LogP contribution in [0.15, 0.2) is 16.9 Å². The van der Waals surface area contributed by atoms with Gasteiger partial charge in [0.15, 0.2) is 0 Å². The maximum atomic E-state index is 11.2. The lowest BCUT2D eigenvalue weighted by Crippen LogP contribution is -2.31. The number of nitrogens with one attached hydrogen (secondary N) is 1. The Morgan fingerprint density at radius 2 is 2.05 bits per heavy atom. The van der Waals surface area contributed by atoms with Crippen LogP contribution >= 0.6 is 11.6 Å². The molecule has 0 fully saturated rings. The van der Waals surface area contributed by atoms with Crippen LogP contribution in [0.4, 0.5) is 0 Å². The van der Waals surface area contributed by atoms with E-state index in [9.17, 15) is 4.79 Å². The number of halogens is 1. The summed E-state index contributed by atoms with van der Waals surface area (Å²) >= 11 is 6.50. The first-order valence-corrected chi connectivity index (χ1v) is 8.22. The molecule has 0 radical (unpaired) electrons. The van der Waals surface area contributed by atoms with Crippen LogP contribution in [-0.4, -0.2) is 15.6 Å². The molecule has 0 saturated carbocycles. The van der Waals surface area contributed by atoms with Crippen LogP contribution in [0.25, 0.3) is 0 Å². The highest BCUT2D eigenvalue weighted by Crippen LogP contribution is 2.38. The van der Waals surface area contributed by atoms with E-state index < -0.39 is 0 Å². The number of rotatable bonds is 9. The highest BCUT2D eigenvalue weighted by atomic mass is 35.5. The Kier molecular flexibility index (Phi) is 7.28. The van der Waals surface area contributed by atoms with E-state index in [-0.39, 0.29) is 16.4 Å². The number of alkyl halides is 1. The predicted octanol–water partition coefficient (Wildman–Crippen LogP) is 4.41. The van der Waals surface area contributed by atoms with Gasteiger partial charge in [0.1, 0.15) is 0 Å².